The van der Waals surface area contributed by atoms with E-state index < -0.39 is 0 Å². The maximum absolute atomic E-state index is 8.48. The Labute approximate surface area is 96.5 Å². The van der Waals surface area contributed by atoms with Crippen LogP contribution < -0.4 is 10.6 Å². The molecule has 1 heterocycles. The summed E-state index contributed by atoms with van der Waals surface area (Å²) in [7, 11) is 0. The third kappa shape index (κ3) is 2.45. The second kappa shape index (κ2) is 5.17. The van der Waals surface area contributed by atoms with Gasteiger partial charge in [-0.15, -0.1) is 0 Å². The molecule has 1 aliphatic carbocycles. The quantitative estimate of drug-likeness (QED) is 0.508. The van der Waals surface area contributed by atoms with Crippen molar-refractivity contribution in [1.82, 2.24) is 15.5 Å². The zero-order valence-electron chi connectivity index (χ0n) is 9.74. The van der Waals surface area contributed by atoms with E-state index in [4.69, 9.17) is 5.26 Å². The lowest BCUT2D eigenvalue weighted by molar-refractivity contribution is 0.106. The molecule has 0 aromatic carbocycles. The topological polar surface area (TPSA) is 63.5 Å². The molecule has 2 N–H and O–H groups in total. The lowest BCUT2D eigenvalue weighted by Crippen LogP contribution is -2.53. The lowest BCUT2D eigenvalue weighted by atomic mass is 9.85. The first-order chi connectivity index (χ1) is 7.81. The summed E-state index contributed by atoms with van der Waals surface area (Å²) in [5.41, 5.74) is 0. The zero-order valence-corrected chi connectivity index (χ0v) is 9.74. The van der Waals surface area contributed by atoms with E-state index >= 15 is 0 Å². The highest BCUT2D eigenvalue weighted by Crippen LogP contribution is 2.28. The van der Waals surface area contributed by atoms with Gasteiger partial charge < -0.3 is 5.32 Å². The highest BCUT2D eigenvalue weighted by Gasteiger charge is 2.28. The van der Waals surface area contributed by atoms with E-state index in [1.54, 1.807) is 0 Å². The van der Waals surface area contributed by atoms with Crippen LogP contribution in [0.15, 0.2) is 4.99 Å². The molecule has 0 aromatic heterocycles. The molecule has 88 valence electrons. The molecule has 1 fully saturated rings. The maximum atomic E-state index is 8.48. The van der Waals surface area contributed by atoms with Gasteiger partial charge in [-0.25, -0.2) is 4.99 Å². The summed E-state index contributed by atoms with van der Waals surface area (Å²) in [5.74, 6) is 1.36. The molecule has 0 bridgehead atoms. The normalized spacial score (nSPS) is 31.1. The summed E-state index contributed by atoms with van der Waals surface area (Å²) in [6.07, 6.45) is 7.18. The smallest absolute Gasteiger partial charge is 0.207 e. The lowest BCUT2D eigenvalue weighted by Gasteiger charge is -2.39. The number of guanidine groups is 1. The molecule has 0 aromatic rings. The number of nitrogens with zero attached hydrogens (tertiary/aromatic N) is 3. The van der Waals surface area contributed by atoms with Crippen LogP contribution in [-0.2, 0) is 0 Å². The van der Waals surface area contributed by atoms with E-state index in [0.717, 1.165) is 12.6 Å². The first-order valence-corrected chi connectivity index (χ1v) is 5.98. The van der Waals surface area contributed by atoms with Crippen molar-refractivity contribution in [3.05, 3.63) is 0 Å². The largest absolute Gasteiger partial charge is 0.343 e. The van der Waals surface area contributed by atoms with Crippen LogP contribution >= 0.6 is 0 Å². The minimum Gasteiger partial charge on any atom is -0.343 e. The van der Waals surface area contributed by atoms with E-state index in [1.807, 2.05) is 6.19 Å². The molecule has 1 saturated carbocycles. The highest BCUT2D eigenvalue weighted by atomic mass is 15.4. The first-order valence-electron chi connectivity index (χ1n) is 5.98. The predicted molar refractivity (Wildman–Crippen MR) is 62.3 cm³/mol. The van der Waals surface area contributed by atoms with Gasteiger partial charge in [-0.2, -0.15) is 5.26 Å². The average Bonchev–Trinajstić information content (AvgIpc) is 2.31. The van der Waals surface area contributed by atoms with Crippen LogP contribution in [0.4, 0.5) is 0 Å². The van der Waals surface area contributed by atoms with Gasteiger partial charge >= 0.3 is 0 Å². The number of rotatable bonds is 1. The molecule has 0 unspecified atom stereocenters. The summed E-state index contributed by atoms with van der Waals surface area (Å²) in [5, 5.41) is 14.1. The van der Waals surface area contributed by atoms with Gasteiger partial charge in [0.25, 0.3) is 0 Å². The molecular weight excluding hydrogens is 202 g/mol. The van der Waals surface area contributed by atoms with E-state index in [9.17, 15) is 0 Å². The molecule has 0 radical (unpaired) electrons. The highest BCUT2D eigenvalue weighted by molar-refractivity contribution is 5.81. The molecule has 2 rings (SSSR count). The predicted octanol–water partition coefficient (Wildman–Crippen LogP) is 0.812. The number of hydrogen-bond donors (Lipinski definition) is 2. The number of aliphatic imine (C=N–C) groups is 1. The van der Waals surface area contributed by atoms with Crippen molar-refractivity contribution in [3.8, 4) is 6.19 Å². The zero-order chi connectivity index (χ0) is 11.4. The summed E-state index contributed by atoms with van der Waals surface area (Å²) in [6.45, 7) is 3.82. The molecule has 5 heteroatoms. The van der Waals surface area contributed by atoms with Gasteiger partial charge in [0.15, 0.2) is 6.19 Å². The Morgan fingerprint density at radius 1 is 1.50 bits per heavy atom. The summed E-state index contributed by atoms with van der Waals surface area (Å²) in [4.78, 5) is 6.68. The van der Waals surface area contributed by atoms with Gasteiger partial charge in [0.05, 0.1) is 13.3 Å². The minimum atomic E-state index is 0.599. The van der Waals surface area contributed by atoms with Crippen LogP contribution in [0.25, 0.3) is 0 Å². The summed E-state index contributed by atoms with van der Waals surface area (Å²) in [6, 6.07) is 0.647. The van der Waals surface area contributed by atoms with Crippen LogP contribution in [0.3, 0.4) is 0 Å². The van der Waals surface area contributed by atoms with Gasteiger partial charge in [0, 0.05) is 6.04 Å². The van der Waals surface area contributed by atoms with Gasteiger partial charge in [0.2, 0.25) is 5.96 Å². The van der Waals surface area contributed by atoms with Gasteiger partial charge in [0.1, 0.15) is 0 Å². The summed E-state index contributed by atoms with van der Waals surface area (Å²) < 4.78 is 0. The molecule has 0 saturated heterocycles. The minimum absolute atomic E-state index is 0.599. The van der Waals surface area contributed by atoms with Crippen LogP contribution in [0.1, 0.15) is 32.6 Å². The molecule has 5 nitrogen and oxygen atoms in total. The molecule has 1 aliphatic heterocycles. The second-order valence-electron chi connectivity index (χ2n) is 4.64. The Morgan fingerprint density at radius 2 is 2.31 bits per heavy atom. The van der Waals surface area contributed by atoms with Crippen molar-refractivity contribution < 1.29 is 0 Å². The van der Waals surface area contributed by atoms with Gasteiger partial charge in [-0.05, 0) is 18.8 Å². The van der Waals surface area contributed by atoms with Crippen molar-refractivity contribution in [2.75, 3.05) is 13.3 Å². The van der Waals surface area contributed by atoms with E-state index in [1.165, 1.54) is 25.7 Å². The van der Waals surface area contributed by atoms with E-state index in [0.29, 0.717) is 18.7 Å². The number of nitriles is 1. The SMILES string of the molecule is C[C@@H]1CCCC[C@@H]1N1CN=C(NC#N)NC1. The fourth-order valence-electron chi connectivity index (χ4n) is 2.64. The molecule has 0 amide bonds. The van der Waals surface area contributed by atoms with Crippen molar-refractivity contribution >= 4 is 5.96 Å². The van der Waals surface area contributed by atoms with Crippen molar-refractivity contribution in [3.63, 3.8) is 0 Å². The van der Waals surface area contributed by atoms with Crippen LogP contribution in [0.5, 0.6) is 0 Å². The molecular formula is C11H19N5. The van der Waals surface area contributed by atoms with Gasteiger partial charge in [-0.3, -0.25) is 10.2 Å². The van der Waals surface area contributed by atoms with Gasteiger partial charge in [-0.1, -0.05) is 19.8 Å². The Morgan fingerprint density at radius 3 is 2.94 bits per heavy atom. The average molecular weight is 221 g/mol. The molecule has 2 atom stereocenters. The fourth-order valence-corrected chi connectivity index (χ4v) is 2.64. The Kier molecular flexibility index (Phi) is 3.62. The van der Waals surface area contributed by atoms with Crippen molar-refractivity contribution in [2.24, 2.45) is 10.9 Å². The maximum Gasteiger partial charge on any atom is 0.207 e. The Balaban J connectivity index is 1.90. The molecule has 16 heavy (non-hydrogen) atoms. The summed E-state index contributed by atoms with van der Waals surface area (Å²) >= 11 is 0. The van der Waals surface area contributed by atoms with Crippen LogP contribution in [0, 0.1) is 17.4 Å². The Hall–Kier alpha value is -1.28. The Bertz CT molecular complexity index is 306. The molecule has 2 aliphatic rings. The second-order valence-corrected chi connectivity index (χ2v) is 4.64. The standard InChI is InChI=1S/C11H19N5/c1-9-4-2-3-5-10(9)16-7-14-11(13-6-12)15-8-16/h9-10H,2-5,7-8H2,1H3,(H2,13,14,15)/t9-,10+/m1/s1. The first kappa shape index (κ1) is 11.2. The third-order valence-electron chi connectivity index (χ3n) is 3.57. The number of hydrogen-bond acceptors (Lipinski definition) is 5. The van der Waals surface area contributed by atoms with Crippen LogP contribution in [0.2, 0.25) is 0 Å². The number of nitrogens with one attached hydrogen (secondary N) is 2. The fraction of sp³-hybridized carbons (Fsp3) is 0.818. The van der Waals surface area contributed by atoms with Crippen LogP contribution in [-0.4, -0.2) is 30.2 Å². The van der Waals surface area contributed by atoms with Crippen molar-refractivity contribution in [2.45, 2.75) is 38.6 Å². The monoisotopic (exact) mass is 221 g/mol. The molecule has 0 spiro atoms. The van der Waals surface area contributed by atoms with E-state index in [2.05, 4.69) is 27.4 Å². The van der Waals surface area contributed by atoms with E-state index in [-0.39, 0.29) is 0 Å². The third-order valence-corrected chi connectivity index (χ3v) is 3.57. The van der Waals surface area contributed by atoms with Crippen molar-refractivity contribution in [1.29, 1.82) is 5.26 Å².